The van der Waals surface area contributed by atoms with E-state index in [9.17, 15) is 4.79 Å². The second-order valence-electron chi connectivity index (χ2n) is 5.52. The zero-order valence-electron chi connectivity index (χ0n) is 12.5. The normalized spacial score (nSPS) is 19.2. The van der Waals surface area contributed by atoms with E-state index < -0.39 is 0 Å². The van der Waals surface area contributed by atoms with Crippen LogP contribution in [0.25, 0.3) is 0 Å². The highest BCUT2D eigenvalue weighted by Gasteiger charge is 2.16. The van der Waals surface area contributed by atoms with Gasteiger partial charge in [-0.15, -0.1) is 0 Å². The number of nitrogens with one attached hydrogen (secondary N) is 1. The average Bonchev–Trinajstić information content (AvgIpc) is 3.04. The number of benzene rings is 1. The number of carbonyl (C=O) groups excluding carboxylic acids is 1. The lowest BCUT2D eigenvalue weighted by Crippen LogP contribution is -2.31. The molecule has 0 radical (unpaired) electrons. The molecule has 1 aromatic carbocycles. The van der Waals surface area contributed by atoms with Gasteiger partial charge in [0.1, 0.15) is 12.4 Å². The predicted molar refractivity (Wildman–Crippen MR) is 81.5 cm³/mol. The zero-order valence-corrected chi connectivity index (χ0v) is 12.5. The van der Waals surface area contributed by atoms with Gasteiger partial charge < -0.3 is 20.5 Å². The highest BCUT2D eigenvalue weighted by atomic mass is 16.5. The SMILES string of the molecule is CC(CN)CNC(=O)c1cccc(OCC2CCCO2)c1. The molecule has 1 aliphatic heterocycles. The Balaban J connectivity index is 1.85. The molecule has 2 unspecified atom stereocenters. The average molecular weight is 292 g/mol. The Labute approximate surface area is 125 Å². The Hall–Kier alpha value is -1.59. The van der Waals surface area contributed by atoms with Gasteiger partial charge in [-0.2, -0.15) is 0 Å². The Morgan fingerprint density at radius 2 is 2.43 bits per heavy atom. The van der Waals surface area contributed by atoms with E-state index in [2.05, 4.69) is 5.32 Å². The van der Waals surface area contributed by atoms with Crippen LogP contribution in [-0.2, 0) is 4.74 Å². The first-order valence-corrected chi connectivity index (χ1v) is 7.51. The third kappa shape index (κ3) is 5.02. The molecular formula is C16H24N2O3. The van der Waals surface area contributed by atoms with Crippen molar-refractivity contribution in [3.63, 3.8) is 0 Å². The quantitative estimate of drug-likeness (QED) is 0.800. The minimum Gasteiger partial charge on any atom is -0.491 e. The standard InChI is InChI=1S/C16H24N2O3/c1-12(9-17)10-18-16(19)13-4-2-5-14(8-13)21-11-15-6-3-7-20-15/h2,4-5,8,12,15H,3,6-7,9-11,17H2,1H3,(H,18,19). The minimum atomic E-state index is -0.0992. The fourth-order valence-electron chi connectivity index (χ4n) is 2.14. The Kier molecular flexibility index (Phi) is 6.02. The van der Waals surface area contributed by atoms with Crippen molar-refractivity contribution in [3.8, 4) is 5.75 Å². The molecule has 2 atom stereocenters. The Morgan fingerprint density at radius 3 is 3.14 bits per heavy atom. The summed E-state index contributed by atoms with van der Waals surface area (Å²) in [5, 5.41) is 2.87. The summed E-state index contributed by atoms with van der Waals surface area (Å²) in [6.45, 7) is 4.49. The van der Waals surface area contributed by atoms with Gasteiger partial charge in [-0.25, -0.2) is 0 Å². The second kappa shape index (κ2) is 8.00. The highest BCUT2D eigenvalue weighted by molar-refractivity contribution is 5.94. The first-order valence-electron chi connectivity index (χ1n) is 7.51. The van der Waals surface area contributed by atoms with Crippen molar-refractivity contribution < 1.29 is 14.3 Å². The lowest BCUT2D eigenvalue weighted by Gasteiger charge is -2.13. The van der Waals surface area contributed by atoms with Gasteiger partial charge >= 0.3 is 0 Å². The molecule has 1 fully saturated rings. The van der Waals surface area contributed by atoms with Crippen molar-refractivity contribution in [3.05, 3.63) is 29.8 Å². The molecule has 3 N–H and O–H groups in total. The van der Waals surface area contributed by atoms with E-state index in [1.54, 1.807) is 12.1 Å². The van der Waals surface area contributed by atoms with Gasteiger partial charge in [-0.1, -0.05) is 13.0 Å². The van der Waals surface area contributed by atoms with Crippen LogP contribution in [0.5, 0.6) is 5.75 Å². The highest BCUT2D eigenvalue weighted by Crippen LogP contribution is 2.17. The minimum absolute atomic E-state index is 0.0992. The van der Waals surface area contributed by atoms with E-state index >= 15 is 0 Å². The molecule has 21 heavy (non-hydrogen) atoms. The van der Waals surface area contributed by atoms with Crippen LogP contribution < -0.4 is 15.8 Å². The molecule has 0 aliphatic carbocycles. The van der Waals surface area contributed by atoms with E-state index in [0.717, 1.165) is 19.4 Å². The summed E-state index contributed by atoms with van der Waals surface area (Å²) in [7, 11) is 0. The topological polar surface area (TPSA) is 73.6 Å². The molecular weight excluding hydrogens is 268 g/mol. The molecule has 5 heteroatoms. The molecule has 0 spiro atoms. The first-order chi connectivity index (χ1) is 10.2. The number of hydrogen-bond donors (Lipinski definition) is 2. The molecule has 1 aromatic rings. The van der Waals surface area contributed by atoms with Crippen LogP contribution in [-0.4, -0.2) is 38.3 Å². The van der Waals surface area contributed by atoms with E-state index in [1.807, 2.05) is 19.1 Å². The molecule has 5 nitrogen and oxygen atoms in total. The van der Waals surface area contributed by atoms with Crippen molar-refractivity contribution in [1.29, 1.82) is 0 Å². The third-order valence-electron chi connectivity index (χ3n) is 3.57. The van der Waals surface area contributed by atoms with Crippen molar-refractivity contribution in [2.24, 2.45) is 11.7 Å². The number of nitrogens with two attached hydrogens (primary N) is 1. The maximum atomic E-state index is 12.0. The van der Waals surface area contributed by atoms with Crippen molar-refractivity contribution in [1.82, 2.24) is 5.32 Å². The van der Waals surface area contributed by atoms with Gasteiger partial charge in [0.15, 0.2) is 0 Å². The van der Waals surface area contributed by atoms with Crippen molar-refractivity contribution in [2.45, 2.75) is 25.9 Å². The summed E-state index contributed by atoms with van der Waals surface area (Å²) < 4.78 is 11.2. The number of carbonyl (C=O) groups is 1. The maximum absolute atomic E-state index is 12.0. The van der Waals surface area contributed by atoms with Gasteiger partial charge in [0.2, 0.25) is 0 Å². The number of hydrogen-bond acceptors (Lipinski definition) is 4. The predicted octanol–water partition coefficient (Wildman–Crippen LogP) is 1.57. The lowest BCUT2D eigenvalue weighted by molar-refractivity contribution is 0.0679. The molecule has 1 aliphatic rings. The largest absolute Gasteiger partial charge is 0.491 e. The zero-order chi connectivity index (χ0) is 15.1. The van der Waals surface area contributed by atoms with Gasteiger partial charge in [-0.05, 0) is 43.5 Å². The maximum Gasteiger partial charge on any atom is 0.251 e. The van der Waals surface area contributed by atoms with Crippen LogP contribution in [0.3, 0.4) is 0 Å². The number of amides is 1. The van der Waals surface area contributed by atoms with E-state index in [1.165, 1.54) is 0 Å². The molecule has 1 saturated heterocycles. The summed E-state index contributed by atoms with van der Waals surface area (Å²) in [5.74, 6) is 0.871. The summed E-state index contributed by atoms with van der Waals surface area (Å²) in [6, 6.07) is 7.22. The van der Waals surface area contributed by atoms with E-state index in [-0.39, 0.29) is 17.9 Å². The molecule has 2 rings (SSSR count). The van der Waals surface area contributed by atoms with Crippen molar-refractivity contribution >= 4 is 5.91 Å². The monoisotopic (exact) mass is 292 g/mol. The van der Waals surface area contributed by atoms with Crippen molar-refractivity contribution in [2.75, 3.05) is 26.3 Å². The van der Waals surface area contributed by atoms with Gasteiger partial charge in [-0.3, -0.25) is 4.79 Å². The van der Waals surface area contributed by atoms with Crippen LogP contribution in [0.1, 0.15) is 30.1 Å². The molecule has 0 saturated carbocycles. The van der Waals surface area contributed by atoms with Gasteiger partial charge in [0.25, 0.3) is 5.91 Å². The first kappa shape index (κ1) is 15.8. The van der Waals surface area contributed by atoms with Crippen LogP contribution >= 0.6 is 0 Å². The van der Waals surface area contributed by atoms with Crippen LogP contribution in [0, 0.1) is 5.92 Å². The van der Waals surface area contributed by atoms with Crippen LogP contribution in [0.2, 0.25) is 0 Å². The second-order valence-corrected chi connectivity index (χ2v) is 5.52. The van der Waals surface area contributed by atoms with Gasteiger partial charge in [0.05, 0.1) is 6.10 Å². The van der Waals surface area contributed by atoms with E-state index in [0.29, 0.717) is 31.0 Å². The Morgan fingerprint density at radius 1 is 1.57 bits per heavy atom. The Bertz CT molecular complexity index is 459. The molecule has 1 heterocycles. The third-order valence-corrected chi connectivity index (χ3v) is 3.57. The lowest BCUT2D eigenvalue weighted by atomic mass is 10.1. The molecule has 0 bridgehead atoms. The van der Waals surface area contributed by atoms with Gasteiger partial charge in [0, 0.05) is 18.7 Å². The summed E-state index contributed by atoms with van der Waals surface area (Å²) in [5.41, 5.74) is 6.14. The fraction of sp³-hybridized carbons (Fsp3) is 0.562. The number of ether oxygens (including phenoxy) is 2. The molecule has 1 amide bonds. The fourth-order valence-corrected chi connectivity index (χ4v) is 2.14. The summed E-state index contributed by atoms with van der Waals surface area (Å²) >= 11 is 0. The van der Waals surface area contributed by atoms with Crippen LogP contribution in [0.15, 0.2) is 24.3 Å². The molecule has 0 aromatic heterocycles. The van der Waals surface area contributed by atoms with Crippen LogP contribution in [0.4, 0.5) is 0 Å². The summed E-state index contributed by atoms with van der Waals surface area (Å²) in [4.78, 5) is 12.0. The smallest absolute Gasteiger partial charge is 0.251 e. The summed E-state index contributed by atoms with van der Waals surface area (Å²) in [6.07, 6.45) is 2.31. The van der Waals surface area contributed by atoms with E-state index in [4.69, 9.17) is 15.2 Å². The molecule has 116 valence electrons. The number of rotatable bonds is 7.